The van der Waals surface area contributed by atoms with Crippen LogP contribution >= 0.6 is 0 Å². The first-order valence-corrected chi connectivity index (χ1v) is 11.4. The lowest BCUT2D eigenvalue weighted by atomic mass is 10.0. The number of aromatic nitrogens is 1. The molecule has 5 aromatic carbocycles. The minimum atomic E-state index is 0.699. The van der Waals surface area contributed by atoms with Crippen LogP contribution in [0.4, 0.5) is 0 Å². The monoisotopic (exact) mass is 434 g/mol. The number of hydrogen-bond acceptors (Lipinski definition) is 1. The zero-order valence-corrected chi connectivity index (χ0v) is 18.9. The molecule has 0 aliphatic heterocycles. The molecule has 0 aliphatic rings. The maximum atomic E-state index is 9.51. The summed E-state index contributed by atoms with van der Waals surface area (Å²) in [5, 5.41) is 16.7. The lowest BCUT2D eigenvalue weighted by Crippen LogP contribution is -1.99. The molecule has 0 unspecified atom stereocenters. The fourth-order valence-corrected chi connectivity index (χ4v) is 5.02. The van der Waals surface area contributed by atoms with Crippen LogP contribution in [0, 0.1) is 18.3 Å². The second kappa shape index (κ2) is 8.06. The summed E-state index contributed by atoms with van der Waals surface area (Å²) in [6, 6.07) is 42.9. The maximum absolute atomic E-state index is 9.51. The molecule has 160 valence electrons. The van der Waals surface area contributed by atoms with Gasteiger partial charge in [0.15, 0.2) is 0 Å². The van der Waals surface area contributed by atoms with Gasteiger partial charge >= 0.3 is 0 Å². The predicted molar refractivity (Wildman–Crippen MR) is 143 cm³/mol. The molecule has 1 aromatic heterocycles. The highest BCUT2D eigenvalue weighted by Gasteiger charge is 2.11. The second-order valence-electron chi connectivity index (χ2n) is 8.57. The van der Waals surface area contributed by atoms with E-state index in [4.69, 9.17) is 0 Å². The van der Waals surface area contributed by atoms with Gasteiger partial charge in [-0.05, 0) is 64.4 Å². The van der Waals surface area contributed by atoms with E-state index in [1.165, 1.54) is 32.3 Å². The third-order valence-corrected chi connectivity index (χ3v) is 6.60. The highest BCUT2D eigenvalue weighted by atomic mass is 15.0. The van der Waals surface area contributed by atoms with Gasteiger partial charge in [-0.15, -0.1) is 0 Å². The van der Waals surface area contributed by atoms with Crippen molar-refractivity contribution in [3.63, 3.8) is 0 Å². The minimum Gasteiger partial charge on any atom is -0.309 e. The van der Waals surface area contributed by atoms with Crippen LogP contribution in [0.2, 0.25) is 0 Å². The number of benzene rings is 5. The maximum Gasteiger partial charge on any atom is 0.0994 e. The zero-order chi connectivity index (χ0) is 23.1. The first-order chi connectivity index (χ1) is 16.8. The largest absolute Gasteiger partial charge is 0.309 e. The molecule has 6 aromatic rings. The summed E-state index contributed by atoms with van der Waals surface area (Å²) in [7, 11) is 0. The molecule has 0 amide bonds. The lowest BCUT2D eigenvalue weighted by Gasteiger charge is -2.14. The number of nitrogens with zero attached hydrogens (tertiary/aromatic N) is 2. The summed E-state index contributed by atoms with van der Waals surface area (Å²) >= 11 is 0. The van der Waals surface area contributed by atoms with Crippen molar-refractivity contribution in [1.29, 1.82) is 5.26 Å². The van der Waals surface area contributed by atoms with Crippen LogP contribution in [0.5, 0.6) is 0 Å². The molecule has 0 atom stereocenters. The van der Waals surface area contributed by atoms with Crippen molar-refractivity contribution < 1.29 is 0 Å². The van der Waals surface area contributed by atoms with E-state index in [0.717, 1.165) is 22.3 Å². The van der Waals surface area contributed by atoms with Crippen molar-refractivity contribution in [3.8, 4) is 11.8 Å². The van der Waals surface area contributed by atoms with E-state index in [0.29, 0.717) is 5.56 Å². The highest BCUT2D eigenvalue weighted by molar-refractivity contribution is 6.19. The van der Waals surface area contributed by atoms with Gasteiger partial charge in [0.25, 0.3) is 0 Å². The Morgan fingerprint density at radius 1 is 0.529 bits per heavy atom. The summed E-state index contributed by atoms with van der Waals surface area (Å²) in [5.41, 5.74) is 4.92. The summed E-state index contributed by atoms with van der Waals surface area (Å²) in [5.74, 6) is 0. The van der Waals surface area contributed by atoms with Gasteiger partial charge in [-0.3, -0.25) is 0 Å². The van der Waals surface area contributed by atoms with Crippen molar-refractivity contribution in [3.05, 3.63) is 126 Å². The van der Waals surface area contributed by atoms with Gasteiger partial charge in [0.1, 0.15) is 0 Å². The minimum absolute atomic E-state index is 0.699. The predicted octanol–water partition coefficient (Wildman–Crippen LogP) is 8.39. The van der Waals surface area contributed by atoms with Crippen LogP contribution in [0.15, 0.2) is 115 Å². The fraction of sp³-hybridized carbons (Fsp3) is 0.0312. The van der Waals surface area contributed by atoms with Gasteiger partial charge in [-0.25, -0.2) is 0 Å². The number of rotatable bonds is 1. The molecule has 0 fully saturated rings. The van der Waals surface area contributed by atoms with Gasteiger partial charge in [-0.1, -0.05) is 84.9 Å². The third kappa shape index (κ3) is 3.10. The summed E-state index contributed by atoms with van der Waals surface area (Å²) in [6.45, 7) is 2.00. The molecule has 0 saturated carbocycles. The first kappa shape index (κ1) is 20.0. The van der Waals surface area contributed by atoms with Crippen molar-refractivity contribution >= 4 is 43.4 Å². The van der Waals surface area contributed by atoms with E-state index in [1.807, 2.05) is 13.0 Å². The van der Waals surface area contributed by atoms with Gasteiger partial charge in [-0.2, -0.15) is 5.26 Å². The Labute approximate surface area is 198 Å². The number of para-hydroxylation sites is 2. The SMILES string of the molecule is Cc1cc(-n2c3ccccc3c3ccccc3c3ccccc3c3ccccc32)ccc1C#N. The molecule has 6 rings (SSSR count). The molecule has 0 saturated heterocycles. The van der Waals surface area contributed by atoms with Crippen molar-refractivity contribution in [1.82, 2.24) is 4.57 Å². The Bertz CT molecular complexity index is 1730. The zero-order valence-electron chi connectivity index (χ0n) is 18.9. The third-order valence-electron chi connectivity index (χ3n) is 6.60. The van der Waals surface area contributed by atoms with Gasteiger partial charge in [0.2, 0.25) is 0 Å². The topological polar surface area (TPSA) is 28.7 Å². The lowest BCUT2D eigenvalue weighted by molar-refractivity contribution is 1.16. The molecule has 2 heteroatoms. The molecule has 1 heterocycles. The number of fused-ring (bicyclic) bond motifs is 7. The van der Waals surface area contributed by atoms with E-state index < -0.39 is 0 Å². The molecule has 0 spiro atoms. The van der Waals surface area contributed by atoms with Crippen LogP contribution < -0.4 is 0 Å². The number of aryl methyl sites for hydroxylation is 1. The molecular formula is C32H22N2. The van der Waals surface area contributed by atoms with E-state index in [2.05, 4.69) is 120 Å². The van der Waals surface area contributed by atoms with E-state index >= 15 is 0 Å². The number of hydrogen-bond donors (Lipinski definition) is 0. The van der Waals surface area contributed by atoms with Crippen LogP contribution in [-0.4, -0.2) is 4.57 Å². The quantitative estimate of drug-likeness (QED) is 0.255. The molecule has 0 radical (unpaired) electrons. The van der Waals surface area contributed by atoms with Crippen LogP contribution in [0.25, 0.3) is 49.0 Å². The Hall–Kier alpha value is -4.61. The van der Waals surface area contributed by atoms with Gasteiger partial charge in [0, 0.05) is 16.5 Å². The summed E-state index contributed by atoms with van der Waals surface area (Å²) in [4.78, 5) is 0. The van der Waals surface area contributed by atoms with E-state index in [9.17, 15) is 5.26 Å². The average molecular weight is 435 g/mol. The Morgan fingerprint density at radius 2 is 0.941 bits per heavy atom. The molecule has 34 heavy (non-hydrogen) atoms. The summed E-state index contributed by atoms with van der Waals surface area (Å²) < 4.78 is 2.33. The Morgan fingerprint density at radius 3 is 1.38 bits per heavy atom. The van der Waals surface area contributed by atoms with Crippen LogP contribution in [0.3, 0.4) is 0 Å². The molecule has 0 aliphatic carbocycles. The second-order valence-corrected chi connectivity index (χ2v) is 8.57. The van der Waals surface area contributed by atoms with E-state index in [1.54, 1.807) is 0 Å². The fourth-order valence-electron chi connectivity index (χ4n) is 5.02. The van der Waals surface area contributed by atoms with Gasteiger partial charge in [0.05, 0.1) is 22.7 Å². The number of nitriles is 1. The van der Waals surface area contributed by atoms with Crippen molar-refractivity contribution in [2.75, 3.05) is 0 Å². The molecule has 2 nitrogen and oxygen atoms in total. The Balaban J connectivity index is 2.01. The first-order valence-electron chi connectivity index (χ1n) is 11.4. The molecule has 0 bridgehead atoms. The molecule has 0 N–H and O–H groups in total. The van der Waals surface area contributed by atoms with Gasteiger partial charge < -0.3 is 4.57 Å². The van der Waals surface area contributed by atoms with Crippen molar-refractivity contribution in [2.24, 2.45) is 0 Å². The standard InChI is InChI=1S/C32H22N2/c1-22-20-24(19-18-23(22)21-33)34-31-16-8-6-14-29(31)27-12-4-2-10-25(27)26-11-3-5-13-28(26)30-15-7-9-17-32(30)34/h2-20H,1H3. The van der Waals surface area contributed by atoms with Crippen molar-refractivity contribution in [2.45, 2.75) is 6.92 Å². The average Bonchev–Trinajstić information content (AvgIpc) is 2.93. The summed E-state index contributed by atoms with van der Waals surface area (Å²) in [6.07, 6.45) is 0. The smallest absolute Gasteiger partial charge is 0.0994 e. The highest BCUT2D eigenvalue weighted by Crippen LogP contribution is 2.34. The van der Waals surface area contributed by atoms with Crippen LogP contribution in [0.1, 0.15) is 11.1 Å². The van der Waals surface area contributed by atoms with Crippen LogP contribution in [-0.2, 0) is 0 Å². The Kier molecular flexibility index (Phi) is 4.75. The normalized spacial score (nSPS) is 11.1. The van der Waals surface area contributed by atoms with E-state index in [-0.39, 0.29) is 0 Å². The molecular weight excluding hydrogens is 412 g/mol.